The van der Waals surface area contributed by atoms with E-state index in [1.165, 1.54) is 31.4 Å². The summed E-state index contributed by atoms with van der Waals surface area (Å²) in [6, 6.07) is 6.74. The Morgan fingerprint density at radius 3 is 2.46 bits per heavy atom. The molecule has 0 unspecified atom stereocenters. The molecule has 0 aliphatic carbocycles. The number of benzene rings is 2. The summed E-state index contributed by atoms with van der Waals surface area (Å²) in [7, 11) is 1.43. The summed E-state index contributed by atoms with van der Waals surface area (Å²) < 4.78 is 33.5. The highest BCUT2D eigenvalue weighted by atomic mass is 35.5. The zero-order valence-electron chi connectivity index (χ0n) is 14.9. The Morgan fingerprint density at radius 2 is 1.88 bits per heavy atom. The number of allylic oxidation sites excluding steroid dienone is 1. The highest BCUT2D eigenvalue weighted by Crippen LogP contribution is 2.37. The fourth-order valence-corrected chi connectivity index (χ4v) is 3.01. The Balaban J connectivity index is 2.78. The molecule has 0 aliphatic heterocycles. The number of aryl methyl sites for hydroxylation is 1. The average molecular weight is 383 g/mol. The lowest BCUT2D eigenvalue weighted by Crippen LogP contribution is -2.03. The molecule has 0 radical (unpaired) electrons. The van der Waals surface area contributed by atoms with Gasteiger partial charge in [0.05, 0.1) is 12.1 Å². The number of unbranched alkanes of at least 4 members (excludes halogenated alkanes) is 1. The molecule has 0 amide bonds. The largest absolute Gasteiger partial charge is 0.495 e. The number of hydrogen-bond acceptors (Lipinski definition) is 3. The van der Waals surface area contributed by atoms with Crippen molar-refractivity contribution in [3.05, 3.63) is 69.4 Å². The molecule has 0 aliphatic rings. The quantitative estimate of drug-likeness (QED) is 0.343. The van der Waals surface area contributed by atoms with Crippen LogP contribution in [0.1, 0.15) is 42.9 Å². The van der Waals surface area contributed by atoms with Crippen LogP contribution in [0.25, 0.3) is 5.57 Å². The van der Waals surface area contributed by atoms with Crippen molar-refractivity contribution in [1.82, 2.24) is 0 Å². The Morgan fingerprint density at radius 1 is 1.15 bits per heavy atom. The van der Waals surface area contributed by atoms with E-state index in [0.717, 1.165) is 18.9 Å². The fraction of sp³-hybridized carbons (Fsp3) is 0.300. The summed E-state index contributed by atoms with van der Waals surface area (Å²) >= 11 is 5.99. The molecule has 2 aromatic carbocycles. The first-order chi connectivity index (χ1) is 12.4. The first kappa shape index (κ1) is 20.2. The van der Waals surface area contributed by atoms with Crippen molar-refractivity contribution in [2.24, 2.45) is 0 Å². The molecule has 0 fully saturated rings. The molecule has 3 nitrogen and oxygen atoms in total. The second-order valence-corrected chi connectivity index (χ2v) is 6.33. The van der Waals surface area contributed by atoms with Crippen molar-refractivity contribution in [1.29, 1.82) is 0 Å². The van der Waals surface area contributed by atoms with Crippen LogP contribution in [0.15, 0.2) is 36.1 Å². The molecule has 0 spiro atoms. The maximum Gasteiger partial charge on any atom is 0.150 e. The lowest BCUT2D eigenvalue weighted by molar-refractivity contribution is -0.204. The minimum absolute atomic E-state index is 0.129. The van der Waals surface area contributed by atoms with Gasteiger partial charge in [-0.1, -0.05) is 31.0 Å². The monoisotopic (exact) mass is 382 g/mol. The van der Waals surface area contributed by atoms with E-state index in [1.54, 1.807) is 6.92 Å². The Labute approximate surface area is 156 Å². The van der Waals surface area contributed by atoms with Gasteiger partial charge in [-0.3, -0.25) is 0 Å². The summed E-state index contributed by atoms with van der Waals surface area (Å²) in [6.45, 7) is 3.70. The molecule has 140 valence electrons. The van der Waals surface area contributed by atoms with E-state index < -0.39 is 11.6 Å². The second-order valence-electron chi connectivity index (χ2n) is 5.92. The van der Waals surface area contributed by atoms with Gasteiger partial charge in [0, 0.05) is 17.6 Å². The molecule has 26 heavy (non-hydrogen) atoms. The van der Waals surface area contributed by atoms with Crippen molar-refractivity contribution in [2.75, 3.05) is 7.11 Å². The highest BCUT2D eigenvalue weighted by molar-refractivity contribution is 6.32. The van der Waals surface area contributed by atoms with Crippen LogP contribution in [-0.2, 0) is 4.89 Å². The van der Waals surface area contributed by atoms with Gasteiger partial charge in [-0.05, 0) is 48.7 Å². The first-order valence-corrected chi connectivity index (χ1v) is 8.65. The molecule has 0 bridgehead atoms. The first-order valence-electron chi connectivity index (χ1n) is 8.27. The highest BCUT2D eigenvalue weighted by Gasteiger charge is 2.21. The van der Waals surface area contributed by atoms with Gasteiger partial charge in [0.15, 0.2) is 5.76 Å². The smallest absolute Gasteiger partial charge is 0.150 e. The standard InChI is InChI=1S/C20H21ClF2O3/c1-4-5-6-18(26-24)20(14-8-7-13(22)9-12(14)2)15-10-19(25-3)16(21)11-17(15)23/h7-11,24H,4-6H2,1-3H3/b20-18-. The minimum Gasteiger partial charge on any atom is -0.495 e. The third kappa shape index (κ3) is 4.34. The van der Waals surface area contributed by atoms with E-state index in [2.05, 4.69) is 4.89 Å². The molecule has 1 N–H and O–H groups in total. The van der Waals surface area contributed by atoms with Crippen LogP contribution in [0, 0.1) is 18.6 Å². The second kappa shape index (κ2) is 9.01. The predicted octanol–water partition coefficient (Wildman–Crippen LogP) is 6.37. The molecule has 2 rings (SSSR count). The number of methoxy groups -OCH3 is 1. The summed E-state index contributed by atoms with van der Waals surface area (Å²) in [5, 5.41) is 9.58. The lowest BCUT2D eigenvalue weighted by atomic mass is 9.91. The van der Waals surface area contributed by atoms with Crippen molar-refractivity contribution in [3.63, 3.8) is 0 Å². The van der Waals surface area contributed by atoms with E-state index in [4.69, 9.17) is 16.3 Å². The number of halogens is 3. The maximum absolute atomic E-state index is 14.7. The van der Waals surface area contributed by atoms with Gasteiger partial charge >= 0.3 is 0 Å². The Kier molecular flexibility index (Phi) is 7.00. The van der Waals surface area contributed by atoms with Crippen molar-refractivity contribution >= 4 is 17.2 Å². The zero-order valence-corrected chi connectivity index (χ0v) is 15.7. The number of hydrogen-bond donors (Lipinski definition) is 1. The summed E-state index contributed by atoms with van der Waals surface area (Å²) in [6.07, 6.45) is 1.98. The van der Waals surface area contributed by atoms with Crippen LogP contribution < -0.4 is 4.74 Å². The van der Waals surface area contributed by atoms with Gasteiger partial charge in [-0.2, -0.15) is 0 Å². The Hall–Kier alpha value is -2.11. The predicted molar refractivity (Wildman–Crippen MR) is 98.4 cm³/mol. The van der Waals surface area contributed by atoms with Gasteiger partial charge in [0.2, 0.25) is 0 Å². The molecule has 0 heterocycles. The van der Waals surface area contributed by atoms with Crippen LogP contribution in [0.5, 0.6) is 5.75 Å². The van der Waals surface area contributed by atoms with Gasteiger partial charge in [0.1, 0.15) is 17.4 Å². The normalized spacial score (nSPS) is 12.0. The summed E-state index contributed by atoms with van der Waals surface area (Å²) in [5.74, 6) is -0.515. The van der Waals surface area contributed by atoms with Crippen molar-refractivity contribution in [3.8, 4) is 5.75 Å². The summed E-state index contributed by atoms with van der Waals surface area (Å²) in [4.78, 5) is 4.61. The van der Waals surface area contributed by atoms with E-state index in [-0.39, 0.29) is 22.1 Å². The van der Waals surface area contributed by atoms with Crippen LogP contribution in [-0.4, -0.2) is 12.4 Å². The van der Waals surface area contributed by atoms with Crippen molar-refractivity contribution in [2.45, 2.75) is 33.1 Å². The molecular weight excluding hydrogens is 362 g/mol. The lowest BCUT2D eigenvalue weighted by Gasteiger charge is -2.17. The van der Waals surface area contributed by atoms with Gasteiger partial charge in [0.25, 0.3) is 0 Å². The molecule has 2 aromatic rings. The van der Waals surface area contributed by atoms with Crippen LogP contribution in [0.2, 0.25) is 5.02 Å². The Bertz CT molecular complexity index is 819. The van der Waals surface area contributed by atoms with E-state index in [0.29, 0.717) is 23.1 Å². The van der Waals surface area contributed by atoms with Gasteiger partial charge < -0.3 is 9.62 Å². The maximum atomic E-state index is 14.7. The van der Waals surface area contributed by atoms with Crippen LogP contribution in [0.4, 0.5) is 8.78 Å². The van der Waals surface area contributed by atoms with Crippen molar-refractivity contribution < 1.29 is 23.7 Å². The zero-order chi connectivity index (χ0) is 19.3. The van der Waals surface area contributed by atoms with E-state index in [9.17, 15) is 14.0 Å². The van der Waals surface area contributed by atoms with Crippen LogP contribution >= 0.6 is 11.6 Å². The molecule has 0 atom stereocenters. The number of rotatable bonds is 7. The van der Waals surface area contributed by atoms with Gasteiger partial charge in [-0.25, -0.2) is 14.0 Å². The van der Waals surface area contributed by atoms with Gasteiger partial charge in [-0.15, -0.1) is 0 Å². The summed E-state index contributed by atoms with van der Waals surface area (Å²) in [5.41, 5.74) is 1.63. The van der Waals surface area contributed by atoms with Crippen LogP contribution in [0.3, 0.4) is 0 Å². The average Bonchev–Trinajstić information content (AvgIpc) is 2.60. The topological polar surface area (TPSA) is 38.7 Å². The van der Waals surface area contributed by atoms with E-state index in [1.807, 2.05) is 6.92 Å². The minimum atomic E-state index is -0.597. The third-order valence-corrected chi connectivity index (χ3v) is 4.41. The molecule has 6 heteroatoms. The third-order valence-electron chi connectivity index (χ3n) is 4.12. The SMILES string of the molecule is CCCC/C(OO)=C(\c1ccc(F)cc1C)c1cc(OC)c(Cl)cc1F. The molecule has 0 saturated heterocycles. The van der Waals surface area contributed by atoms with E-state index >= 15 is 0 Å². The molecule has 0 aromatic heterocycles. The molecular formula is C20H21ClF2O3. The number of ether oxygens (including phenoxy) is 1. The fourth-order valence-electron chi connectivity index (χ4n) is 2.78. The molecule has 0 saturated carbocycles.